The van der Waals surface area contributed by atoms with E-state index in [0.717, 1.165) is 19.5 Å². The summed E-state index contributed by atoms with van der Waals surface area (Å²) in [5.41, 5.74) is 1.25. The molecule has 0 saturated heterocycles. The van der Waals surface area contributed by atoms with Crippen molar-refractivity contribution >= 4 is 11.8 Å². The predicted octanol–water partition coefficient (Wildman–Crippen LogP) is 2.50. The molecule has 0 spiro atoms. The number of carboxylic acids is 1. The first kappa shape index (κ1) is 16.9. The highest BCUT2D eigenvalue weighted by molar-refractivity contribution is 5.84. The predicted molar refractivity (Wildman–Crippen MR) is 89.5 cm³/mol. The van der Waals surface area contributed by atoms with Crippen LogP contribution in [0.3, 0.4) is 0 Å². The topological polar surface area (TPSA) is 78.3 Å². The standard InChI is InChI=1S/C17H22N4O2/c1-13(21(2)12-14-6-4-3-5-7-14)8-9-18-16-11-19-15(10-20-16)17(22)23/h3-7,10-11,13H,8-9,12H2,1-2H3,(H,18,20)(H,22,23). The second kappa shape index (κ2) is 8.24. The van der Waals surface area contributed by atoms with Gasteiger partial charge in [0.1, 0.15) is 5.82 Å². The lowest BCUT2D eigenvalue weighted by Crippen LogP contribution is -2.30. The minimum Gasteiger partial charge on any atom is -0.476 e. The molecule has 2 aromatic rings. The molecule has 1 heterocycles. The van der Waals surface area contributed by atoms with Gasteiger partial charge < -0.3 is 10.4 Å². The molecule has 6 heteroatoms. The van der Waals surface area contributed by atoms with E-state index in [0.29, 0.717) is 11.9 Å². The van der Waals surface area contributed by atoms with Crippen LogP contribution in [0.15, 0.2) is 42.7 Å². The molecular formula is C17H22N4O2. The fraction of sp³-hybridized carbons (Fsp3) is 0.353. The van der Waals surface area contributed by atoms with Gasteiger partial charge in [0.2, 0.25) is 0 Å². The summed E-state index contributed by atoms with van der Waals surface area (Å²) in [7, 11) is 2.11. The van der Waals surface area contributed by atoms with Gasteiger partial charge in [-0.1, -0.05) is 30.3 Å². The third-order valence-electron chi connectivity index (χ3n) is 3.77. The highest BCUT2D eigenvalue weighted by atomic mass is 16.4. The Morgan fingerprint density at radius 1 is 1.26 bits per heavy atom. The second-order valence-corrected chi connectivity index (χ2v) is 5.56. The zero-order chi connectivity index (χ0) is 16.7. The molecule has 122 valence electrons. The number of aromatic carboxylic acids is 1. The molecule has 1 atom stereocenters. The van der Waals surface area contributed by atoms with Crippen LogP contribution in [0.5, 0.6) is 0 Å². The zero-order valence-electron chi connectivity index (χ0n) is 13.4. The van der Waals surface area contributed by atoms with Crippen molar-refractivity contribution in [2.45, 2.75) is 25.9 Å². The van der Waals surface area contributed by atoms with Crippen LogP contribution in [0.1, 0.15) is 29.4 Å². The van der Waals surface area contributed by atoms with Crippen molar-refractivity contribution in [1.82, 2.24) is 14.9 Å². The molecule has 0 aliphatic heterocycles. The van der Waals surface area contributed by atoms with Gasteiger partial charge in [0, 0.05) is 19.1 Å². The molecule has 1 unspecified atom stereocenters. The fourth-order valence-corrected chi connectivity index (χ4v) is 2.19. The third-order valence-corrected chi connectivity index (χ3v) is 3.77. The summed E-state index contributed by atoms with van der Waals surface area (Å²) in [6.07, 6.45) is 3.66. The number of carboxylic acid groups (broad SMARTS) is 1. The van der Waals surface area contributed by atoms with E-state index in [2.05, 4.69) is 58.4 Å². The lowest BCUT2D eigenvalue weighted by atomic mass is 10.1. The highest BCUT2D eigenvalue weighted by Crippen LogP contribution is 2.09. The molecular weight excluding hydrogens is 292 g/mol. The van der Waals surface area contributed by atoms with Gasteiger partial charge in [0.25, 0.3) is 0 Å². The number of carbonyl (C=O) groups is 1. The summed E-state index contributed by atoms with van der Waals surface area (Å²) in [6, 6.07) is 10.8. The first-order valence-electron chi connectivity index (χ1n) is 7.59. The van der Waals surface area contributed by atoms with Crippen LogP contribution in [-0.2, 0) is 6.54 Å². The first-order valence-corrected chi connectivity index (χ1v) is 7.59. The number of aromatic nitrogens is 2. The molecule has 0 saturated carbocycles. The van der Waals surface area contributed by atoms with E-state index in [9.17, 15) is 4.79 Å². The SMILES string of the molecule is CC(CCNc1cnc(C(=O)O)cn1)N(C)Cc1ccccc1. The minimum atomic E-state index is -1.07. The third kappa shape index (κ3) is 5.34. The summed E-state index contributed by atoms with van der Waals surface area (Å²) in [4.78, 5) is 20.9. The van der Waals surface area contributed by atoms with Gasteiger partial charge in [-0.2, -0.15) is 0 Å². The molecule has 23 heavy (non-hydrogen) atoms. The van der Waals surface area contributed by atoms with Crippen LogP contribution in [0.4, 0.5) is 5.82 Å². The maximum absolute atomic E-state index is 10.7. The zero-order valence-corrected chi connectivity index (χ0v) is 13.4. The van der Waals surface area contributed by atoms with E-state index in [1.807, 2.05) is 6.07 Å². The Morgan fingerprint density at radius 3 is 2.61 bits per heavy atom. The van der Waals surface area contributed by atoms with E-state index in [4.69, 9.17) is 5.11 Å². The molecule has 1 aromatic carbocycles. The van der Waals surface area contributed by atoms with Crippen LogP contribution >= 0.6 is 0 Å². The Hall–Kier alpha value is -2.47. The number of nitrogens with one attached hydrogen (secondary N) is 1. The van der Waals surface area contributed by atoms with Gasteiger partial charge in [-0.3, -0.25) is 4.90 Å². The molecule has 0 aliphatic carbocycles. The van der Waals surface area contributed by atoms with Crippen molar-refractivity contribution in [1.29, 1.82) is 0 Å². The molecule has 6 nitrogen and oxygen atoms in total. The number of hydrogen-bond donors (Lipinski definition) is 2. The number of anilines is 1. The summed E-state index contributed by atoms with van der Waals surface area (Å²) < 4.78 is 0. The number of hydrogen-bond acceptors (Lipinski definition) is 5. The largest absolute Gasteiger partial charge is 0.476 e. The van der Waals surface area contributed by atoms with Gasteiger partial charge >= 0.3 is 5.97 Å². The Labute approximate surface area is 136 Å². The number of benzene rings is 1. The molecule has 0 bridgehead atoms. The number of nitrogens with zero attached hydrogens (tertiary/aromatic N) is 3. The molecule has 0 fully saturated rings. The van der Waals surface area contributed by atoms with Crippen molar-refractivity contribution in [3.05, 3.63) is 54.0 Å². The van der Waals surface area contributed by atoms with Gasteiger partial charge in [-0.15, -0.1) is 0 Å². The Kier molecular flexibility index (Phi) is 6.05. The van der Waals surface area contributed by atoms with Gasteiger partial charge in [-0.05, 0) is 26.0 Å². The van der Waals surface area contributed by atoms with Crippen molar-refractivity contribution < 1.29 is 9.90 Å². The van der Waals surface area contributed by atoms with Crippen molar-refractivity contribution in [3.63, 3.8) is 0 Å². The Bertz CT molecular complexity index is 616. The van der Waals surface area contributed by atoms with Crippen LogP contribution in [0.25, 0.3) is 0 Å². The molecule has 0 aliphatic rings. The first-order chi connectivity index (χ1) is 11.1. The molecule has 0 amide bonds. The van der Waals surface area contributed by atoms with Crippen molar-refractivity contribution in [2.24, 2.45) is 0 Å². The van der Waals surface area contributed by atoms with Crippen LogP contribution in [-0.4, -0.2) is 45.6 Å². The average molecular weight is 314 g/mol. The maximum atomic E-state index is 10.7. The monoisotopic (exact) mass is 314 g/mol. The highest BCUT2D eigenvalue weighted by Gasteiger charge is 2.10. The van der Waals surface area contributed by atoms with E-state index in [1.54, 1.807) is 0 Å². The summed E-state index contributed by atoms with van der Waals surface area (Å²) in [5.74, 6) is -0.479. The summed E-state index contributed by atoms with van der Waals surface area (Å²) >= 11 is 0. The van der Waals surface area contributed by atoms with Gasteiger partial charge in [0.15, 0.2) is 5.69 Å². The van der Waals surface area contributed by atoms with Gasteiger partial charge in [-0.25, -0.2) is 14.8 Å². The van der Waals surface area contributed by atoms with Crippen molar-refractivity contribution in [2.75, 3.05) is 18.9 Å². The molecule has 2 rings (SSSR count). The maximum Gasteiger partial charge on any atom is 0.356 e. The van der Waals surface area contributed by atoms with E-state index >= 15 is 0 Å². The second-order valence-electron chi connectivity index (χ2n) is 5.56. The minimum absolute atomic E-state index is 0.0495. The quantitative estimate of drug-likeness (QED) is 0.779. The fourth-order valence-electron chi connectivity index (χ4n) is 2.19. The van der Waals surface area contributed by atoms with Crippen LogP contribution < -0.4 is 5.32 Å². The number of rotatable bonds is 8. The van der Waals surface area contributed by atoms with Crippen LogP contribution in [0.2, 0.25) is 0 Å². The van der Waals surface area contributed by atoms with E-state index in [-0.39, 0.29) is 5.69 Å². The van der Waals surface area contributed by atoms with Gasteiger partial charge in [0.05, 0.1) is 12.4 Å². The van der Waals surface area contributed by atoms with Crippen LogP contribution in [0, 0.1) is 0 Å². The summed E-state index contributed by atoms with van der Waals surface area (Å²) in [5, 5.41) is 11.9. The lowest BCUT2D eigenvalue weighted by Gasteiger charge is -2.25. The van der Waals surface area contributed by atoms with E-state index < -0.39 is 5.97 Å². The Balaban J connectivity index is 1.75. The molecule has 0 radical (unpaired) electrons. The van der Waals surface area contributed by atoms with Crippen molar-refractivity contribution in [3.8, 4) is 0 Å². The smallest absolute Gasteiger partial charge is 0.356 e. The lowest BCUT2D eigenvalue weighted by molar-refractivity contribution is 0.0690. The van der Waals surface area contributed by atoms with E-state index in [1.165, 1.54) is 18.0 Å². The Morgan fingerprint density at radius 2 is 2.00 bits per heavy atom. The molecule has 2 N–H and O–H groups in total. The normalized spacial score (nSPS) is 12.1. The average Bonchev–Trinajstić information content (AvgIpc) is 2.56. The molecule has 1 aromatic heterocycles. The summed E-state index contributed by atoms with van der Waals surface area (Å²) in [6.45, 7) is 3.85.